The van der Waals surface area contributed by atoms with Crippen LogP contribution in [0.5, 0.6) is 0 Å². The number of nitro benzene ring substituents is 1. The van der Waals surface area contributed by atoms with E-state index in [1.807, 2.05) is 19.6 Å². The molecule has 1 N–H and O–H groups in total. The van der Waals surface area contributed by atoms with Gasteiger partial charge in [-0.1, -0.05) is 6.92 Å². The lowest BCUT2D eigenvalue weighted by atomic mass is 9.76. The van der Waals surface area contributed by atoms with Crippen LogP contribution in [-0.2, 0) is 30.2 Å². The third-order valence-corrected chi connectivity index (χ3v) is 6.12. The van der Waals surface area contributed by atoms with Crippen LogP contribution in [0.25, 0.3) is 5.53 Å². The van der Waals surface area contributed by atoms with Crippen molar-refractivity contribution in [2.75, 3.05) is 0 Å². The predicted octanol–water partition coefficient (Wildman–Crippen LogP) is 1.87. The Morgan fingerprint density at radius 1 is 1.25 bits per heavy atom. The zero-order valence-electron chi connectivity index (χ0n) is 18.5. The second kappa shape index (κ2) is 9.94. The summed E-state index contributed by atoms with van der Waals surface area (Å²) in [5.74, 6) is -3.60. The Bertz CT molecular complexity index is 967. The first-order chi connectivity index (χ1) is 14.9. The van der Waals surface area contributed by atoms with Gasteiger partial charge in [0.2, 0.25) is 5.91 Å². The highest BCUT2D eigenvalue weighted by Gasteiger charge is 2.51. The van der Waals surface area contributed by atoms with Crippen LogP contribution in [0.1, 0.15) is 19.4 Å². The second-order valence-corrected chi connectivity index (χ2v) is 13.1. The van der Waals surface area contributed by atoms with Crippen LogP contribution >= 0.6 is 0 Å². The molecule has 1 aliphatic rings. The summed E-state index contributed by atoms with van der Waals surface area (Å²) in [4.78, 5) is 50.1. The molecule has 0 aromatic heterocycles. The number of rotatable bonds is 10. The first-order valence-electron chi connectivity index (χ1n) is 10.0. The third kappa shape index (κ3) is 5.93. The highest BCUT2D eigenvalue weighted by Crippen LogP contribution is 2.29. The van der Waals surface area contributed by atoms with E-state index >= 15 is 0 Å². The lowest BCUT2D eigenvalue weighted by Crippen LogP contribution is -2.66. The molecule has 0 spiro atoms. The minimum atomic E-state index is -1.93. The van der Waals surface area contributed by atoms with Crippen molar-refractivity contribution in [1.82, 2.24) is 5.32 Å². The van der Waals surface area contributed by atoms with Gasteiger partial charge in [0.1, 0.15) is 6.61 Å². The van der Waals surface area contributed by atoms with Gasteiger partial charge in [-0.25, -0.2) is 4.79 Å². The number of carbonyl (C=O) groups is 3. The summed E-state index contributed by atoms with van der Waals surface area (Å²) in [6, 6.07) is 4.72. The zero-order chi connectivity index (χ0) is 24.2. The molecule has 1 saturated heterocycles. The van der Waals surface area contributed by atoms with E-state index in [9.17, 15) is 30.0 Å². The summed E-state index contributed by atoms with van der Waals surface area (Å²) in [5, 5.41) is 13.4. The molecule has 0 aliphatic carbocycles. The minimum Gasteiger partial charge on any atom is -0.452 e. The number of non-ortho nitro benzene ring substituents is 1. The van der Waals surface area contributed by atoms with Crippen LogP contribution in [0.15, 0.2) is 24.3 Å². The van der Waals surface area contributed by atoms with E-state index in [4.69, 9.17) is 9.16 Å². The molecule has 4 atom stereocenters. The number of benzene rings is 1. The molecule has 32 heavy (non-hydrogen) atoms. The third-order valence-electron chi connectivity index (χ3n) is 5.04. The first-order valence-corrected chi connectivity index (χ1v) is 13.4. The quantitative estimate of drug-likeness (QED) is 0.0638. The number of ether oxygens (including phenoxy) is 1. The molecule has 2 rings (SSSR count). The summed E-state index contributed by atoms with van der Waals surface area (Å²) < 4.78 is 11.0. The van der Waals surface area contributed by atoms with Crippen LogP contribution in [-0.4, -0.2) is 53.5 Å². The smallest absolute Gasteiger partial charge is 0.441 e. The summed E-state index contributed by atoms with van der Waals surface area (Å²) in [7, 11) is -1.93. The molecule has 172 valence electrons. The number of ketones is 1. The molecular weight excluding hydrogens is 436 g/mol. The van der Waals surface area contributed by atoms with Gasteiger partial charge in [0.25, 0.3) is 11.5 Å². The maximum atomic E-state index is 12.8. The van der Waals surface area contributed by atoms with Gasteiger partial charge in [0.05, 0.1) is 23.0 Å². The molecule has 1 amide bonds. The summed E-state index contributed by atoms with van der Waals surface area (Å²) in [6.45, 7) is 8.98. The van der Waals surface area contributed by atoms with Crippen molar-refractivity contribution in [3.8, 4) is 0 Å². The van der Waals surface area contributed by atoms with Crippen LogP contribution in [0.3, 0.4) is 0 Å². The molecule has 0 unspecified atom stereocenters. The molecule has 0 bridgehead atoms. The molecule has 0 saturated carbocycles. The Morgan fingerprint density at radius 2 is 1.84 bits per heavy atom. The molecule has 1 aromatic rings. The number of Topliss-reactive ketones (excluding diaryl/α,β-unsaturated/α-hetero) is 1. The highest BCUT2D eigenvalue weighted by atomic mass is 28.4. The monoisotopic (exact) mass is 462 g/mol. The minimum absolute atomic E-state index is 0.119. The van der Waals surface area contributed by atoms with E-state index < -0.39 is 54.7 Å². The van der Waals surface area contributed by atoms with Gasteiger partial charge < -0.3 is 20.0 Å². The predicted molar refractivity (Wildman–Crippen MR) is 115 cm³/mol. The number of hydrogen-bond donors (Lipinski definition) is 1. The molecule has 1 fully saturated rings. The van der Waals surface area contributed by atoms with Crippen LogP contribution in [0.2, 0.25) is 19.6 Å². The summed E-state index contributed by atoms with van der Waals surface area (Å²) >= 11 is 0. The van der Waals surface area contributed by atoms with E-state index in [-0.39, 0.29) is 18.2 Å². The van der Waals surface area contributed by atoms with Crippen molar-refractivity contribution in [3.05, 3.63) is 45.5 Å². The highest BCUT2D eigenvalue weighted by molar-refractivity contribution is 6.69. The Balaban J connectivity index is 2.03. The maximum absolute atomic E-state index is 12.8. The van der Waals surface area contributed by atoms with Crippen molar-refractivity contribution in [2.45, 2.75) is 52.2 Å². The van der Waals surface area contributed by atoms with Gasteiger partial charge in [-0.2, -0.15) is 4.79 Å². The standard InChI is InChI=1S/C20H26N4O7Si/c1-11(16-15(19(26)22-16)12(2)31-32(3,4)5)18(25)17(23-21)20(27)30-10-13-6-8-14(9-7-13)24(28)29/h6-9,11-12,15-16H,10H2,1-5H3,(H,22,26)/t11-,12-,15-,16-/m1/s1. The number of hydrogen-bond acceptors (Lipinski definition) is 7. The molecule has 1 aliphatic heterocycles. The number of nitrogens with one attached hydrogen (secondary N) is 1. The number of amides is 1. The van der Waals surface area contributed by atoms with E-state index in [1.165, 1.54) is 31.2 Å². The van der Waals surface area contributed by atoms with E-state index in [1.54, 1.807) is 6.92 Å². The van der Waals surface area contributed by atoms with Gasteiger partial charge in [0, 0.05) is 18.1 Å². The van der Waals surface area contributed by atoms with Gasteiger partial charge in [0.15, 0.2) is 8.32 Å². The number of esters is 1. The van der Waals surface area contributed by atoms with Crippen LogP contribution in [0.4, 0.5) is 5.69 Å². The van der Waals surface area contributed by atoms with Gasteiger partial charge in [-0.15, -0.1) is 0 Å². The van der Waals surface area contributed by atoms with Crippen molar-refractivity contribution in [1.29, 1.82) is 0 Å². The normalized spacial score (nSPS) is 19.6. The van der Waals surface area contributed by atoms with Gasteiger partial charge in [-0.05, 0) is 44.3 Å². The summed E-state index contributed by atoms with van der Waals surface area (Å²) in [5.41, 5.74) is 8.78. The Hall–Kier alpha value is -3.21. The fourth-order valence-electron chi connectivity index (χ4n) is 3.49. The van der Waals surface area contributed by atoms with E-state index in [0.717, 1.165) is 0 Å². The van der Waals surface area contributed by atoms with Gasteiger partial charge in [-0.3, -0.25) is 19.7 Å². The molecule has 0 radical (unpaired) electrons. The largest absolute Gasteiger partial charge is 0.452 e. The molecule has 11 nitrogen and oxygen atoms in total. The van der Waals surface area contributed by atoms with Crippen molar-refractivity contribution < 1.29 is 33.3 Å². The fourth-order valence-corrected chi connectivity index (χ4v) is 4.75. The van der Waals surface area contributed by atoms with Gasteiger partial charge >= 0.3 is 11.7 Å². The van der Waals surface area contributed by atoms with Crippen molar-refractivity contribution >= 4 is 37.4 Å². The lowest BCUT2D eigenvalue weighted by molar-refractivity contribution is -0.384. The van der Waals surface area contributed by atoms with Crippen molar-refractivity contribution in [2.24, 2.45) is 11.8 Å². The Kier molecular flexibility index (Phi) is 7.78. The zero-order valence-corrected chi connectivity index (χ0v) is 19.5. The molecule has 1 aromatic carbocycles. The molecule has 12 heteroatoms. The average Bonchev–Trinajstić information content (AvgIpc) is 2.69. The second-order valence-electron chi connectivity index (χ2n) is 8.60. The van der Waals surface area contributed by atoms with Crippen molar-refractivity contribution in [3.63, 3.8) is 0 Å². The average molecular weight is 463 g/mol. The Morgan fingerprint density at radius 3 is 2.31 bits per heavy atom. The number of nitro groups is 1. The lowest BCUT2D eigenvalue weighted by Gasteiger charge is -2.43. The SMILES string of the molecule is C[C@@H](O[Si](C)(C)C)[C@H]1C(=O)N[C@@H]1[C@@H](C)C(=O)C(=[N+]=[N-])C(=O)OCc1ccc([N+](=O)[O-])cc1. The Labute approximate surface area is 186 Å². The maximum Gasteiger partial charge on any atom is 0.441 e. The summed E-state index contributed by atoms with van der Waals surface area (Å²) in [6.07, 6.45) is -0.417. The number of β-lactam (4-membered cyclic amide) rings is 1. The first kappa shape index (κ1) is 25.1. The van der Waals surface area contributed by atoms with Crippen LogP contribution < -0.4 is 5.32 Å². The molecule has 1 heterocycles. The van der Waals surface area contributed by atoms with E-state index in [2.05, 4.69) is 10.1 Å². The number of nitrogens with zero attached hydrogens (tertiary/aromatic N) is 3. The van der Waals surface area contributed by atoms with E-state index in [0.29, 0.717) is 5.56 Å². The topological polar surface area (TPSA) is 161 Å². The number of carbonyl (C=O) groups excluding carboxylic acids is 3. The fraction of sp³-hybridized carbons (Fsp3) is 0.500. The molecular formula is C20H26N4O7Si. The van der Waals surface area contributed by atoms with Crippen LogP contribution in [0, 0.1) is 22.0 Å².